The summed E-state index contributed by atoms with van der Waals surface area (Å²) < 4.78 is 7.05. The third-order valence-electron chi connectivity index (χ3n) is 4.89. The van der Waals surface area contributed by atoms with E-state index in [4.69, 9.17) is 4.74 Å². The molecule has 6 nitrogen and oxygen atoms in total. The molecule has 0 bridgehead atoms. The molecule has 1 aromatic heterocycles. The third-order valence-corrected chi connectivity index (χ3v) is 5.77. The summed E-state index contributed by atoms with van der Waals surface area (Å²) in [5, 5.41) is -0.464. The first-order valence-corrected chi connectivity index (χ1v) is 10.3. The molecule has 7 heteroatoms. The molecule has 0 spiro atoms. The number of carbonyl (C=O) groups is 3. The number of ether oxygens (including phenoxy) is 1. The number of benzene rings is 1. The Hall–Kier alpha value is -2.80. The Morgan fingerprint density at radius 3 is 2.45 bits per heavy atom. The minimum absolute atomic E-state index is 0.195. The minimum Gasteiger partial charge on any atom is -0.464 e. The lowest BCUT2D eigenvalue weighted by molar-refractivity contribution is -0.150. The van der Waals surface area contributed by atoms with E-state index in [0.29, 0.717) is 4.91 Å². The minimum atomic E-state index is -0.951. The molecule has 0 aliphatic carbocycles. The molecule has 1 saturated heterocycles. The van der Waals surface area contributed by atoms with Crippen molar-refractivity contribution in [3.05, 3.63) is 57.8 Å². The van der Waals surface area contributed by atoms with Gasteiger partial charge in [0, 0.05) is 17.1 Å². The van der Waals surface area contributed by atoms with Crippen LogP contribution in [0.2, 0.25) is 0 Å². The van der Waals surface area contributed by atoms with E-state index in [-0.39, 0.29) is 6.61 Å². The lowest BCUT2D eigenvalue weighted by Crippen LogP contribution is -2.42. The fraction of sp³-hybridized carbons (Fsp3) is 0.318. The molecule has 1 aliphatic heterocycles. The van der Waals surface area contributed by atoms with Crippen molar-refractivity contribution >= 4 is 35.0 Å². The van der Waals surface area contributed by atoms with Crippen molar-refractivity contribution in [1.82, 2.24) is 9.47 Å². The second kappa shape index (κ2) is 8.29. The lowest BCUT2D eigenvalue weighted by atomic mass is 10.2. The van der Waals surface area contributed by atoms with E-state index in [0.717, 1.165) is 39.3 Å². The Labute approximate surface area is 174 Å². The molecular weight excluding hydrogens is 388 g/mol. The van der Waals surface area contributed by atoms with Gasteiger partial charge in [-0.1, -0.05) is 17.7 Å². The molecule has 0 radical (unpaired) electrons. The third kappa shape index (κ3) is 4.00. The van der Waals surface area contributed by atoms with Crippen molar-refractivity contribution in [2.45, 2.75) is 40.7 Å². The van der Waals surface area contributed by atoms with Crippen LogP contribution in [0.4, 0.5) is 4.79 Å². The van der Waals surface area contributed by atoms with Gasteiger partial charge in [-0.2, -0.15) is 0 Å². The van der Waals surface area contributed by atoms with Gasteiger partial charge in [-0.05, 0) is 76.2 Å². The van der Waals surface area contributed by atoms with Crippen molar-refractivity contribution in [1.29, 1.82) is 0 Å². The van der Waals surface area contributed by atoms with Crippen LogP contribution < -0.4 is 0 Å². The Morgan fingerprint density at radius 1 is 1.17 bits per heavy atom. The summed E-state index contributed by atoms with van der Waals surface area (Å²) in [6, 6.07) is 9.24. The number of nitrogens with zero attached hydrogens (tertiary/aromatic N) is 2. The number of hydrogen-bond donors (Lipinski definition) is 0. The van der Waals surface area contributed by atoms with Crippen molar-refractivity contribution in [3.8, 4) is 5.69 Å². The quantitative estimate of drug-likeness (QED) is 0.538. The predicted molar refractivity (Wildman–Crippen MR) is 114 cm³/mol. The number of carbonyl (C=O) groups excluding carboxylic acids is 3. The molecule has 1 fully saturated rings. The first-order valence-electron chi connectivity index (χ1n) is 9.44. The molecular formula is C22H24N2O4S. The summed E-state index contributed by atoms with van der Waals surface area (Å²) in [7, 11) is 0. The SMILES string of the molecule is CCOC(=O)[C@@H](C)N1C(=O)S/C(=C\c2cc(C)n(-c3ccc(C)cc3)c2C)C1=O. The largest absolute Gasteiger partial charge is 0.464 e. The van der Waals surface area contributed by atoms with E-state index in [1.165, 1.54) is 12.5 Å². The Morgan fingerprint density at radius 2 is 1.83 bits per heavy atom. The molecule has 1 atom stereocenters. The Kier molecular flexibility index (Phi) is 5.98. The monoisotopic (exact) mass is 412 g/mol. The number of imide groups is 1. The van der Waals surface area contributed by atoms with Gasteiger partial charge in [0.2, 0.25) is 0 Å². The summed E-state index contributed by atoms with van der Waals surface area (Å²) in [4.78, 5) is 38.4. The number of amides is 2. The summed E-state index contributed by atoms with van der Waals surface area (Å²) in [5.41, 5.74) is 5.07. The first kappa shape index (κ1) is 20.9. The lowest BCUT2D eigenvalue weighted by Gasteiger charge is -2.19. The van der Waals surface area contributed by atoms with E-state index in [1.807, 2.05) is 39.0 Å². The number of aryl methyl sites for hydroxylation is 2. The molecule has 2 aromatic rings. The van der Waals surface area contributed by atoms with Crippen LogP contribution in [0.3, 0.4) is 0 Å². The van der Waals surface area contributed by atoms with Gasteiger partial charge in [-0.15, -0.1) is 0 Å². The van der Waals surface area contributed by atoms with E-state index in [2.05, 4.69) is 16.7 Å². The van der Waals surface area contributed by atoms with Gasteiger partial charge in [-0.25, -0.2) is 4.79 Å². The molecule has 0 saturated carbocycles. The van der Waals surface area contributed by atoms with Crippen molar-refractivity contribution in [3.63, 3.8) is 0 Å². The van der Waals surface area contributed by atoms with Crippen LogP contribution in [-0.2, 0) is 14.3 Å². The fourth-order valence-corrected chi connectivity index (χ4v) is 4.25. The maximum atomic E-state index is 12.8. The van der Waals surface area contributed by atoms with Crippen LogP contribution in [0, 0.1) is 20.8 Å². The highest BCUT2D eigenvalue weighted by atomic mass is 32.2. The summed E-state index contributed by atoms with van der Waals surface area (Å²) >= 11 is 0.844. The molecule has 2 amide bonds. The van der Waals surface area contributed by atoms with Gasteiger partial charge in [-0.3, -0.25) is 14.5 Å². The average molecular weight is 413 g/mol. The normalized spacial score (nSPS) is 16.6. The van der Waals surface area contributed by atoms with Crippen molar-refractivity contribution in [2.75, 3.05) is 6.61 Å². The number of rotatable bonds is 5. The number of aromatic nitrogens is 1. The van der Waals surface area contributed by atoms with Crippen LogP contribution in [0.1, 0.15) is 36.4 Å². The molecule has 29 heavy (non-hydrogen) atoms. The standard InChI is InChI=1S/C22H24N2O4S/c1-6-28-21(26)16(5)24-20(25)19(29-22(24)27)12-17-11-14(3)23(15(17)4)18-9-7-13(2)8-10-18/h7-12,16H,6H2,1-5H3/b19-12-/t16-/m1/s1. The van der Waals surface area contributed by atoms with Crippen LogP contribution in [-0.4, -0.2) is 39.2 Å². The van der Waals surface area contributed by atoms with Crippen LogP contribution in [0.15, 0.2) is 35.2 Å². The summed E-state index contributed by atoms with van der Waals surface area (Å²) in [5.74, 6) is -1.06. The van der Waals surface area contributed by atoms with E-state index < -0.39 is 23.2 Å². The highest BCUT2D eigenvalue weighted by Crippen LogP contribution is 2.35. The van der Waals surface area contributed by atoms with Gasteiger partial charge < -0.3 is 9.30 Å². The summed E-state index contributed by atoms with van der Waals surface area (Å²) in [6.07, 6.45) is 1.72. The zero-order valence-electron chi connectivity index (χ0n) is 17.2. The van der Waals surface area contributed by atoms with Crippen LogP contribution in [0.25, 0.3) is 11.8 Å². The first-order chi connectivity index (χ1) is 13.7. The van der Waals surface area contributed by atoms with Gasteiger partial charge in [0.15, 0.2) is 0 Å². The topological polar surface area (TPSA) is 68.6 Å². The smallest absolute Gasteiger partial charge is 0.329 e. The van der Waals surface area contributed by atoms with Gasteiger partial charge in [0.05, 0.1) is 11.5 Å². The van der Waals surface area contributed by atoms with E-state index in [1.54, 1.807) is 13.0 Å². The Bertz CT molecular complexity index is 1000. The molecule has 152 valence electrons. The fourth-order valence-electron chi connectivity index (χ4n) is 3.35. The van der Waals surface area contributed by atoms with Gasteiger partial charge >= 0.3 is 5.97 Å². The van der Waals surface area contributed by atoms with Crippen molar-refractivity contribution < 1.29 is 19.1 Å². The van der Waals surface area contributed by atoms with E-state index in [9.17, 15) is 14.4 Å². The molecule has 1 aliphatic rings. The highest BCUT2D eigenvalue weighted by molar-refractivity contribution is 8.18. The molecule has 2 heterocycles. The summed E-state index contributed by atoms with van der Waals surface area (Å²) in [6.45, 7) is 9.39. The van der Waals surface area contributed by atoms with Crippen molar-refractivity contribution in [2.24, 2.45) is 0 Å². The zero-order valence-corrected chi connectivity index (χ0v) is 18.0. The Balaban J connectivity index is 1.92. The van der Waals surface area contributed by atoms with Gasteiger partial charge in [0.1, 0.15) is 6.04 Å². The maximum Gasteiger partial charge on any atom is 0.329 e. The average Bonchev–Trinajstić information content (AvgIpc) is 3.11. The maximum absolute atomic E-state index is 12.8. The second-order valence-electron chi connectivity index (χ2n) is 6.98. The second-order valence-corrected chi connectivity index (χ2v) is 7.97. The number of thioether (sulfide) groups is 1. The zero-order chi connectivity index (χ0) is 21.3. The highest BCUT2D eigenvalue weighted by Gasteiger charge is 2.41. The molecule has 0 N–H and O–H groups in total. The number of esters is 1. The van der Waals surface area contributed by atoms with Crippen LogP contribution >= 0.6 is 11.8 Å². The molecule has 0 unspecified atom stereocenters. The van der Waals surface area contributed by atoms with E-state index >= 15 is 0 Å². The van der Waals surface area contributed by atoms with Crippen LogP contribution in [0.5, 0.6) is 0 Å². The number of hydrogen-bond acceptors (Lipinski definition) is 5. The van der Waals surface area contributed by atoms with Gasteiger partial charge in [0.25, 0.3) is 11.1 Å². The molecule has 1 aromatic carbocycles. The predicted octanol–water partition coefficient (Wildman–Crippen LogP) is 4.39. The molecule has 3 rings (SSSR count).